The van der Waals surface area contributed by atoms with E-state index in [4.69, 9.17) is 9.47 Å². The molecule has 0 aliphatic heterocycles. The van der Waals surface area contributed by atoms with Crippen molar-refractivity contribution >= 4 is 40.7 Å². The highest BCUT2D eigenvalue weighted by molar-refractivity contribution is 14.1. The number of carbonyl (C=O) groups is 3. The van der Waals surface area contributed by atoms with E-state index in [0.29, 0.717) is 26.6 Å². The number of halogens is 2. The highest BCUT2D eigenvalue weighted by Crippen LogP contribution is 2.38. The molecule has 0 radical (unpaired) electrons. The zero-order chi connectivity index (χ0) is 29.5. The van der Waals surface area contributed by atoms with E-state index in [0.717, 1.165) is 25.7 Å². The average molecular weight is 681 g/mol. The van der Waals surface area contributed by atoms with Crippen LogP contribution < -0.4 is 14.8 Å². The van der Waals surface area contributed by atoms with Crippen LogP contribution >= 0.6 is 22.6 Å². The molecule has 4 rings (SSSR count). The molecular weight excluding hydrogens is 646 g/mol. The summed E-state index contributed by atoms with van der Waals surface area (Å²) in [5, 5.41) is 23.6. The van der Waals surface area contributed by atoms with Gasteiger partial charge in [0.1, 0.15) is 24.3 Å². The summed E-state index contributed by atoms with van der Waals surface area (Å²) >= 11 is 2.00. The first kappa shape index (κ1) is 30.9. The number of benzene rings is 2. The first-order chi connectivity index (χ1) is 19.7. The second-order valence-corrected chi connectivity index (χ2v) is 11.4. The maximum Gasteiger partial charge on any atom is 0.247 e. The molecule has 3 N–H and O–H groups in total. The lowest BCUT2D eigenvalue weighted by molar-refractivity contribution is -0.143. The third-order valence-corrected chi connectivity index (χ3v) is 8.31. The number of hydrogen-bond acceptors (Lipinski definition) is 7. The molecule has 0 heterocycles. The maximum atomic E-state index is 13.9. The van der Waals surface area contributed by atoms with Crippen molar-refractivity contribution in [1.29, 1.82) is 0 Å². The van der Waals surface area contributed by atoms with Gasteiger partial charge in [0.2, 0.25) is 11.8 Å². The van der Waals surface area contributed by atoms with Crippen LogP contribution in [0, 0.1) is 15.3 Å². The third kappa shape index (κ3) is 7.44. The maximum absolute atomic E-state index is 13.9. The molecule has 0 unspecified atom stereocenters. The van der Waals surface area contributed by atoms with E-state index in [9.17, 15) is 29.0 Å². The lowest BCUT2D eigenvalue weighted by Crippen LogP contribution is -2.55. The molecule has 2 aliphatic carbocycles. The molecular formula is C30H34FIN2O7. The van der Waals surface area contributed by atoms with Crippen LogP contribution in [0.3, 0.4) is 0 Å². The molecule has 1 fully saturated rings. The number of hydrogen-bond donors (Lipinski definition) is 3. The molecule has 2 aromatic carbocycles. The fourth-order valence-electron chi connectivity index (χ4n) is 5.39. The van der Waals surface area contributed by atoms with Crippen molar-refractivity contribution in [2.24, 2.45) is 5.92 Å². The molecule has 0 saturated heterocycles. The smallest absolute Gasteiger partial charge is 0.247 e. The van der Waals surface area contributed by atoms with Gasteiger partial charge in [-0.3, -0.25) is 14.4 Å². The highest BCUT2D eigenvalue weighted by Gasteiger charge is 2.42. The summed E-state index contributed by atoms with van der Waals surface area (Å²) in [6, 6.07) is 8.13. The normalized spacial score (nSPS) is 20.7. The van der Waals surface area contributed by atoms with Crippen molar-refractivity contribution in [2.75, 3.05) is 20.3 Å². The van der Waals surface area contributed by atoms with Crippen LogP contribution in [0.1, 0.15) is 48.0 Å². The molecule has 41 heavy (non-hydrogen) atoms. The van der Waals surface area contributed by atoms with E-state index in [1.54, 1.807) is 23.1 Å². The minimum atomic E-state index is -1.23. The molecule has 2 aromatic rings. The number of nitrogens with zero attached hydrogens (tertiary/aromatic N) is 1. The van der Waals surface area contributed by atoms with Gasteiger partial charge in [-0.15, -0.1) is 0 Å². The summed E-state index contributed by atoms with van der Waals surface area (Å²) in [7, 11) is 1.43. The van der Waals surface area contributed by atoms with E-state index >= 15 is 0 Å². The Hall–Kier alpha value is -3.03. The summed E-state index contributed by atoms with van der Waals surface area (Å²) in [6.07, 6.45) is 3.31. The summed E-state index contributed by atoms with van der Waals surface area (Å²) in [5.41, 5.74) is 1.36. The third-order valence-electron chi connectivity index (χ3n) is 7.51. The Morgan fingerprint density at radius 3 is 2.54 bits per heavy atom. The summed E-state index contributed by atoms with van der Waals surface area (Å²) in [4.78, 5) is 39.9. The van der Waals surface area contributed by atoms with Crippen LogP contribution in [-0.4, -0.2) is 71.7 Å². The van der Waals surface area contributed by atoms with E-state index in [2.05, 4.69) is 5.32 Å². The number of aliphatic hydroxyl groups excluding tert-OH is 2. The Balaban J connectivity index is 1.73. The number of aldehydes is 1. The number of ether oxygens (including phenoxy) is 2. The van der Waals surface area contributed by atoms with Gasteiger partial charge in [0.15, 0.2) is 11.5 Å². The van der Waals surface area contributed by atoms with Crippen LogP contribution in [0.2, 0.25) is 0 Å². The van der Waals surface area contributed by atoms with Crippen molar-refractivity contribution in [3.8, 4) is 11.5 Å². The quantitative estimate of drug-likeness (QED) is 0.246. The van der Waals surface area contributed by atoms with Gasteiger partial charge in [0, 0.05) is 36.6 Å². The largest absolute Gasteiger partial charge is 0.493 e. The van der Waals surface area contributed by atoms with Gasteiger partial charge in [-0.05, 0) is 71.3 Å². The molecule has 2 aliphatic rings. The predicted octanol–water partition coefficient (Wildman–Crippen LogP) is 3.39. The van der Waals surface area contributed by atoms with Gasteiger partial charge in [0.05, 0.1) is 23.3 Å². The Labute approximate surface area is 251 Å². The van der Waals surface area contributed by atoms with E-state index in [1.165, 1.54) is 31.4 Å². The molecule has 0 spiro atoms. The molecule has 11 heteroatoms. The number of aliphatic hydroxyl groups is 2. The van der Waals surface area contributed by atoms with Gasteiger partial charge in [-0.25, -0.2) is 4.39 Å². The van der Waals surface area contributed by atoms with Crippen molar-refractivity contribution in [3.05, 3.63) is 68.6 Å². The number of rotatable bonds is 11. The second-order valence-electron chi connectivity index (χ2n) is 10.2. The van der Waals surface area contributed by atoms with Crippen LogP contribution in [0.5, 0.6) is 11.5 Å². The van der Waals surface area contributed by atoms with Gasteiger partial charge in [0.25, 0.3) is 0 Å². The van der Waals surface area contributed by atoms with Crippen LogP contribution in [0.15, 0.2) is 48.0 Å². The Morgan fingerprint density at radius 1 is 1.20 bits per heavy atom. The number of nitrogens with one attached hydrogen (secondary N) is 1. The minimum Gasteiger partial charge on any atom is -0.493 e. The monoisotopic (exact) mass is 680 g/mol. The van der Waals surface area contributed by atoms with Crippen LogP contribution in [-0.2, 0) is 16.1 Å². The molecule has 9 nitrogen and oxygen atoms in total. The minimum absolute atomic E-state index is 0.0358. The fraction of sp³-hybridized carbons (Fsp3) is 0.433. The highest BCUT2D eigenvalue weighted by atomic mass is 127. The SMILES string of the molecule is COc1cc(C=O)cc(I)c1O[C@H]1C=C(C(=O)NCCO)C[C@@H](N(Cc2ccc(F)cc2)C(=O)C2CCCC2)[C@@H]1O. The lowest BCUT2D eigenvalue weighted by atomic mass is 9.87. The Kier molecular flexibility index (Phi) is 10.7. The van der Waals surface area contributed by atoms with Gasteiger partial charge < -0.3 is 29.9 Å². The fourth-order valence-corrected chi connectivity index (χ4v) is 6.14. The topological polar surface area (TPSA) is 125 Å². The van der Waals surface area contributed by atoms with Crippen LogP contribution in [0.4, 0.5) is 4.39 Å². The van der Waals surface area contributed by atoms with Gasteiger partial charge in [-0.1, -0.05) is 25.0 Å². The van der Waals surface area contributed by atoms with Crippen molar-refractivity contribution in [2.45, 2.75) is 56.9 Å². The Morgan fingerprint density at radius 2 is 1.90 bits per heavy atom. The first-order valence-electron chi connectivity index (χ1n) is 13.6. The zero-order valence-electron chi connectivity index (χ0n) is 22.7. The summed E-state index contributed by atoms with van der Waals surface area (Å²) < 4.78 is 25.9. The van der Waals surface area contributed by atoms with Crippen molar-refractivity contribution in [3.63, 3.8) is 0 Å². The number of carbonyl (C=O) groups excluding carboxylic acids is 3. The molecule has 3 atom stereocenters. The predicted molar refractivity (Wildman–Crippen MR) is 157 cm³/mol. The lowest BCUT2D eigenvalue weighted by Gasteiger charge is -2.41. The summed E-state index contributed by atoms with van der Waals surface area (Å²) in [6.45, 7) is -0.0983. The first-order valence-corrected chi connectivity index (χ1v) is 14.7. The second kappa shape index (κ2) is 14.2. The van der Waals surface area contributed by atoms with Gasteiger partial charge in [-0.2, -0.15) is 0 Å². The Bertz CT molecular complexity index is 1280. The molecule has 1 saturated carbocycles. The standard InChI is InChI=1S/C30H34FIN2O7/c1-40-26-13-19(17-36)12-23(32)28(26)41-25-15-21(29(38)33-10-11-35)14-24(27(25)37)34(30(39)20-4-2-3-5-20)16-18-6-8-22(31)9-7-18/h6-9,12-13,15,17,20,24-25,27,35,37H,2-5,10-11,14,16H2,1H3,(H,33,38)/t24-,25+,27+/m1/s1. The number of methoxy groups -OCH3 is 1. The van der Waals surface area contributed by atoms with E-state index in [1.807, 2.05) is 22.6 Å². The average Bonchev–Trinajstić information content (AvgIpc) is 3.52. The van der Waals surface area contributed by atoms with Crippen molar-refractivity contribution in [1.82, 2.24) is 10.2 Å². The molecule has 0 bridgehead atoms. The number of amides is 2. The molecule has 0 aromatic heterocycles. The van der Waals surface area contributed by atoms with E-state index < -0.39 is 30.0 Å². The van der Waals surface area contributed by atoms with Crippen LogP contribution in [0.25, 0.3) is 0 Å². The molecule has 220 valence electrons. The van der Waals surface area contributed by atoms with Gasteiger partial charge >= 0.3 is 0 Å². The van der Waals surface area contributed by atoms with E-state index in [-0.39, 0.29) is 49.4 Å². The zero-order valence-corrected chi connectivity index (χ0v) is 24.9. The molecule has 2 amide bonds. The summed E-state index contributed by atoms with van der Waals surface area (Å²) in [5.74, 6) is -0.633. The van der Waals surface area contributed by atoms with Crippen molar-refractivity contribution < 1.29 is 38.5 Å².